The Hall–Kier alpha value is -2.62. The van der Waals surface area contributed by atoms with Gasteiger partial charge in [0.25, 0.3) is 0 Å². The van der Waals surface area contributed by atoms with E-state index in [1.807, 2.05) is 61.5 Å². The van der Waals surface area contributed by atoms with Crippen LogP contribution in [0.4, 0.5) is 5.69 Å². The summed E-state index contributed by atoms with van der Waals surface area (Å²) in [6, 6.07) is 16.9. The number of anilines is 1. The fraction of sp³-hybridized carbons (Fsp3) is 0.263. The topological polar surface area (TPSA) is 46.6 Å². The van der Waals surface area contributed by atoms with Crippen molar-refractivity contribution in [3.05, 3.63) is 65.7 Å². The summed E-state index contributed by atoms with van der Waals surface area (Å²) in [5, 5.41) is 0. The lowest BCUT2D eigenvalue weighted by atomic mass is 9.68. The fourth-order valence-electron chi connectivity index (χ4n) is 3.17. The Labute approximate surface area is 135 Å². The molecule has 1 aliphatic heterocycles. The monoisotopic (exact) mass is 309 g/mol. The molecule has 23 heavy (non-hydrogen) atoms. The van der Waals surface area contributed by atoms with E-state index >= 15 is 0 Å². The first-order valence-electron chi connectivity index (χ1n) is 7.54. The van der Waals surface area contributed by atoms with Crippen LogP contribution in [0, 0.1) is 12.3 Å². The summed E-state index contributed by atoms with van der Waals surface area (Å²) in [5.74, 6) is -0.735. The number of amides is 1. The van der Waals surface area contributed by atoms with Crippen LogP contribution in [0.15, 0.2) is 54.6 Å². The van der Waals surface area contributed by atoms with Crippen LogP contribution >= 0.6 is 0 Å². The second kappa shape index (κ2) is 5.54. The maximum Gasteiger partial charge on any atom is 0.323 e. The maximum absolute atomic E-state index is 12.8. The summed E-state index contributed by atoms with van der Waals surface area (Å²) in [5.41, 5.74) is 1.64. The Morgan fingerprint density at radius 3 is 2.26 bits per heavy atom. The second-order valence-electron chi connectivity index (χ2n) is 6.02. The highest BCUT2D eigenvalue weighted by atomic mass is 16.5. The molecule has 0 saturated carbocycles. The van der Waals surface area contributed by atoms with Gasteiger partial charge in [-0.25, -0.2) is 0 Å². The zero-order valence-corrected chi connectivity index (χ0v) is 13.4. The van der Waals surface area contributed by atoms with Crippen LogP contribution in [0.25, 0.3) is 0 Å². The van der Waals surface area contributed by atoms with Crippen molar-refractivity contribution in [3.63, 3.8) is 0 Å². The predicted molar refractivity (Wildman–Crippen MR) is 88.0 cm³/mol. The summed E-state index contributed by atoms with van der Waals surface area (Å²) in [6.07, 6.45) is 0. The molecule has 1 fully saturated rings. The average Bonchev–Trinajstić information content (AvgIpc) is 2.59. The van der Waals surface area contributed by atoms with Crippen molar-refractivity contribution >= 4 is 17.6 Å². The van der Waals surface area contributed by atoms with Gasteiger partial charge >= 0.3 is 5.97 Å². The molecule has 4 heteroatoms. The Balaban J connectivity index is 2.09. The number of rotatable bonds is 3. The first-order chi connectivity index (χ1) is 11.0. The molecule has 3 rings (SSSR count). The van der Waals surface area contributed by atoms with Crippen LogP contribution in [0.5, 0.6) is 0 Å². The molecule has 4 nitrogen and oxygen atoms in total. The van der Waals surface area contributed by atoms with Gasteiger partial charge in [0, 0.05) is 5.69 Å². The van der Waals surface area contributed by atoms with E-state index in [9.17, 15) is 9.59 Å². The van der Waals surface area contributed by atoms with E-state index in [4.69, 9.17) is 4.74 Å². The van der Waals surface area contributed by atoms with Gasteiger partial charge in [-0.3, -0.25) is 9.59 Å². The number of carbonyl (C=O) groups excluding carboxylic acids is 2. The van der Waals surface area contributed by atoms with E-state index in [0.29, 0.717) is 0 Å². The minimum absolute atomic E-state index is 0.235. The van der Waals surface area contributed by atoms with Crippen molar-refractivity contribution < 1.29 is 14.3 Å². The zero-order chi connectivity index (χ0) is 16.6. The zero-order valence-electron chi connectivity index (χ0n) is 13.4. The Morgan fingerprint density at radius 1 is 1.09 bits per heavy atom. The molecule has 0 N–H and O–H groups in total. The molecular formula is C19H19NO3. The van der Waals surface area contributed by atoms with Gasteiger partial charge in [-0.15, -0.1) is 0 Å². The van der Waals surface area contributed by atoms with Crippen LogP contribution in [0.2, 0.25) is 0 Å². The molecule has 2 atom stereocenters. The van der Waals surface area contributed by atoms with Crippen LogP contribution in [-0.4, -0.2) is 19.0 Å². The molecule has 0 spiro atoms. The summed E-state index contributed by atoms with van der Waals surface area (Å²) in [6.45, 7) is 3.66. The Morgan fingerprint density at radius 2 is 1.70 bits per heavy atom. The average molecular weight is 309 g/mol. The number of β-lactam (4-membered cyclic amide) rings is 1. The van der Waals surface area contributed by atoms with Gasteiger partial charge in [0.15, 0.2) is 5.41 Å². The largest absolute Gasteiger partial charge is 0.468 e. The van der Waals surface area contributed by atoms with Crippen molar-refractivity contribution in [2.75, 3.05) is 12.0 Å². The van der Waals surface area contributed by atoms with Crippen LogP contribution < -0.4 is 4.90 Å². The lowest BCUT2D eigenvalue weighted by Crippen LogP contribution is -2.66. The molecule has 0 radical (unpaired) electrons. The van der Waals surface area contributed by atoms with Crippen LogP contribution in [0.3, 0.4) is 0 Å². The Kier molecular flexibility index (Phi) is 3.68. The van der Waals surface area contributed by atoms with Crippen LogP contribution in [0.1, 0.15) is 24.1 Å². The highest BCUT2D eigenvalue weighted by molar-refractivity contribution is 6.17. The number of benzene rings is 2. The molecule has 1 saturated heterocycles. The summed E-state index contributed by atoms with van der Waals surface area (Å²) in [4.78, 5) is 26.7. The number of nitrogens with zero attached hydrogens (tertiary/aromatic N) is 1. The number of carbonyl (C=O) groups is 2. The van der Waals surface area contributed by atoms with Crippen molar-refractivity contribution in [2.24, 2.45) is 5.41 Å². The van der Waals surface area contributed by atoms with Gasteiger partial charge < -0.3 is 9.64 Å². The smallest absolute Gasteiger partial charge is 0.323 e. The van der Waals surface area contributed by atoms with Gasteiger partial charge in [0.2, 0.25) is 5.91 Å². The SMILES string of the molecule is COC(=O)C1(C)C(=O)N(c2ccccc2)C1c1ccc(C)cc1. The normalized spacial score (nSPS) is 23.3. The molecule has 1 amide bonds. The molecular weight excluding hydrogens is 290 g/mol. The molecule has 2 unspecified atom stereocenters. The third kappa shape index (κ3) is 2.22. The number of methoxy groups -OCH3 is 1. The molecule has 2 aromatic carbocycles. The highest BCUT2D eigenvalue weighted by Gasteiger charge is 2.64. The first kappa shape index (κ1) is 15.3. The van der Waals surface area contributed by atoms with Gasteiger partial charge in [0.05, 0.1) is 13.2 Å². The minimum atomic E-state index is -1.19. The maximum atomic E-state index is 12.8. The minimum Gasteiger partial charge on any atom is -0.468 e. The number of aryl methyl sites for hydroxylation is 1. The standard InChI is InChI=1S/C19H19NO3/c1-13-9-11-14(12-10-13)16-19(2,18(22)23-3)17(21)20(16)15-7-5-4-6-8-15/h4-12,16H,1-3H3. The van der Waals surface area contributed by atoms with Crippen molar-refractivity contribution in [2.45, 2.75) is 19.9 Å². The number of esters is 1. The molecule has 0 bridgehead atoms. The van der Waals surface area contributed by atoms with E-state index < -0.39 is 11.4 Å². The number of para-hydroxylation sites is 1. The van der Waals surface area contributed by atoms with Crippen molar-refractivity contribution in [1.29, 1.82) is 0 Å². The van der Waals surface area contributed by atoms with E-state index in [2.05, 4.69) is 0 Å². The van der Waals surface area contributed by atoms with Crippen LogP contribution in [-0.2, 0) is 14.3 Å². The van der Waals surface area contributed by atoms with Gasteiger partial charge in [-0.2, -0.15) is 0 Å². The number of ether oxygens (including phenoxy) is 1. The van der Waals surface area contributed by atoms with Crippen molar-refractivity contribution in [1.82, 2.24) is 0 Å². The van der Waals surface area contributed by atoms with E-state index in [0.717, 1.165) is 16.8 Å². The quantitative estimate of drug-likeness (QED) is 0.497. The highest BCUT2D eigenvalue weighted by Crippen LogP contribution is 2.52. The molecule has 0 aromatic heterocycles. The summed E-state index contributed by atoms with van der Waals surface area (Å²) < 4.78 is 4.90. The Bertz CT molecular complexity index is 739. The fourth-order valence-corrected chi connectivity index (χ4v) is 3.17. The number of hydrogen-bond donors (Lipinski definition) is 0. The summed E-state index contributed by atoms with van der Waals surface area (Å²) >= 11 is 0. The lowest BCUT2D eigenvalue weighted by molar-refractivity contribution is -0.165. The molecule has 2 aromatic rings. The predicted octanol–water partition coefficient (Wildman–Crippen LogP) is 3.26. The molecule has 0 aliphatic carbocycles. The van der Waals surface area contributed by atoms with Crippen molar-refractivity contribution in [3.8, 4) is 0 Å². The molecule has 1 aliphatic rings. The molecule has 1 heterocycles. The van der Waals surface area contributed by atoms with E-state index in [-0.39, 0.29) is 11.9 Å². The summed E-state index contributed by atoms with van der Waals surface area (Å²) in [7, 11) is 1.32. The second-order valence-corrected chi connectivity index (χ2v) is 6.02. The van der Waals surface area contributed by atoms with E-state index in [1.54, 1.807) is 11.8 Å². The molecule has 118 valence electrons. The van der Waals surface area contributed by atoms with Gasteiger partial charge in [0.1, 0.15) is 0 Å². The van der Waals surface area contributed by atoms with Gasteiger partial charge in [-0.05, 0) is 31.5 Å². The third-order valence-corrected chi connectivity index (χ3v) is 4.51. The lowest BCUT2D eigenvalue weighted by Gasteiger charge is -2.52. The van der Waals surface area contributed by atoms with Gasteiger partial charge in [-0.1, -0.05) is 48.0 Å². The number of hydrogen-bond acceptors (Lipinski definition) is 3. The third-order valence-electron chi connectivity index (χ3n) is 4.51. The van der Waals surface area contributed by atoms with E-state index in [1.165, 1.54) is 7.11 Å². The first-order valence-corrected chi connectivity index (χ1v) is 7.54.